The van der Waals surface area contributed by atoms with Crippen LogP contribution in [0.4, 0.5) is 15.8 Å². The zero-order chi connectivity index (χ0) is 21.1. The molecule has 150 valence electrons. The zero-order valence-corrected chi connectivity index (χ0v) is 16.4. The number of fused-ring (bicyclic) bond motifs is 1. The van der Waals surface area contributed by atoms with Crippen LogP contribution >= 0.6 is 11.8 Å². The maximum Gasteiger partial charge on any atom is 0.274 e. The number of nitrogens with one attached hydrogen (secondary N) is 1. The summed E-state index contributed by atoms with van der Waals surface area (Å²) in [6.45, 7) is 0.253. The van der Waals surface area contributed by atoms with Crippen molar-refractivity contribution >= 4 is 34.0 Å². The second-order valence-corrected chi connectivity index (χ2v) is 7.62. The van der Waals surface area contributed by atoms with E-state index in [1.807, 2.05) is 54.6 Å². The summed E-state index contributed by atoms with van der Waals surface area (Å²) in [5, 5.41) is 24.8. The van der Waals surface area contributed by atoms with E-state index in [1.165, 1.54) is 0 Å². The third-order valence-electron chi connectivity index (χ3n) is 4.51. The number of aromatic hydroxyl groups is 1. The highest BCUT2D eigenvalue weighted by Crippen LogP contribution is 2.34. The van der Waals surface area contributed by atoms with Gasteiger partial charge >= 0.3 is 0 Å². The molecule has 1 aromatic heterocycles. The Morgan fingerprint density at radius 2 is 1.93 bits per heavy atom. The fourth-order valence-corrected chi connectivity index (χ4v) is 3.98. The van der Waals surface area contributed by atoms with E-state index in [4.69, 9.17) is 0 Å². The predicted octanol–water partition coefficient (Wildman–Crippen LogP) is 5.75. The highest BCUT2D eigenvalue weighted by Gasteiger charge is 2.16. The quantitative estimate of drug-likeness (QED) is 0.234. The SMILES string of the molecule is O=[N+]([O-])c1cc(F)c(O)c(NCc2ccccc2Sc2ccc3cccnc3c2)c1. The van der Waals surface area contributed by atoms with Crippen molar-refractivity contribution in [2.75, 3.05) is 5.32 Å². The van der Waals surface area contributed by atoms with Gasteiger partial charge in [-0.1, -0.05) is 42.1 Å². The van der Waals surface area contributed by atoms with Gasteiger partial charge in [-0.3, -0.25) is 15.1 Å². The summed E-state index contributed by atoms with van der Waals surface area (Å²) in [6, 6.07) is 19.4. The molecule has 3 aromatic carbocycles. The summed E-state index contributed by atoms with van der Waals surface area (Å²) in [4.78, 5) is 16.6. The lowest BCUT2D eigenvalue weighted by molar-refractivity contribution is -0.385. The minimum Gasteiger partial charge on any atom is -0.503 e. The fourth-order valence-electron chi connectivity index (χ4n) is 3.00. The van der Waals surface area contributed by atoms with Gasteiger partial charge in [-0.2, -0.15) is 0 Å². The first-order chi connectivity index (χ1) is 14.5. The van der Waals surface area contributed by atoms with E-state index < -0.39 is 22.2 Å². The highest BCUT2D eigenvalue weighted by atomic mass is 32.2. The molecule has 0 unspecified atom stereocenters. The lowest BCUT2D eigenvalue weighted by Gasteiger charge is -2.13. The molecule has 0 amide bonds. The molecule has 8 heteroatoms. The monoisotopic (exact) mass is 421 g/mol. The van der Waals surface area contributed by atoms with Crippen LogP contribution in [0, 0.1) is 15.9 Å². The van der Waals surface area contributed by atoms with Crippen molar-refractivity contribution in [3.8, 4) is 5.75 Å². The molecule has 4 aromatic rings. The van der Waals surface area contributed by atoms with Gasteiger partial charge < -0.3 is 10.4 Å². The van der Waals surface area contributed by atoms with Crippen molar-refractivity contribution in [3.63, 3.8) is 0 Å². The smallest absolute Gasteiger partial charge is 0.274 e. The van der Waals surface area contributed by atoms with Gasteiger partial charge in [0, 0.05) is 34.0 Å². The standard InChI is InChI=1S/C22H16FN3O3S/c23-18-10-16(26(28)29)11-20(22(18)27)25-13-15-4-1-2-6-21(15)30-17-8-7-14-5-3-9-24-19(14)12-17/h1-12,25,27H,13H2. The number of benzene rings is 3. The number of nitro benzene ring substituents is 1. The van der Waals surface area contributed by atoms with Crippen LogP contribution in [0.25, 0.3) is 10.9 Å². The maximum absolute atomic E-state index is 13.8. The molecule has 0 aliphatic carbocycles. The Hall–Kier alpha value is -3.65. The van der Waals surface area contributed by atoms with E-state index in [0.29, 0.717) is 6.07 Å². The van der Waals surface area contributed by atoms with Gasteiger partial charge in [0.2, 0.25) is 0 Å². The molecule has 0 radical (unpaired) electrons. The molecule has 0 saturated heterocycles. The molecule has 30 heavy (non-hydrogen) atoms. The molecule has 6 nitrogen and oxygen atoms in total. The van der Waals surface area contributed by atoms with Crippen LogP contribution < -0.4 is 5.32 Å². The van der Waals surface area contributed by atoms with Gasteiger partial charge in [0.15, 0.2) is 11.6 Å². The topological polar surface area (TPSA) is 88.3 Å². The number of nitro groups is 1. The van der Waals surface area contributed by atoms with Crippen molar-refractivity contribution in [2.24, 2.45) is 0 Å². The zero-order valence-electron chi connectivity index (χ0n) is 15.6. The van der Waals surface area contributed by atoms with Crippen LogP contribution in [-0.2, 0) is 6.54 Å². The van der Waals surface area contributed by atoms with E-state index in [0.717, 1.165) is 32.3 Å². The first-order valence-corrected chi connectivity index (χ1v) is 9.84. The third kappa shape index (κ3) is 4.18. The number of halogens is 1. The number of nitrogens with zero attached hydrogens (tertiary/aromatic N) is 2. The largest absolute Gasteiger partial charge is 0.503 e. The van der Waals surface area contributed by atoms with Gasteiger partial charge in [0.25, 0.3) is 5.69 Å². The highest BCUT2D eigenvalue weighted by molar-refractivity contribution is 7.99. The number of anilines is 1. The minimum absolute atomic E-state index is 0.0311. The summed E-state index contributed by atoms with van der Waals surface area (Å²) in [6.07, 6.45) is 1.75. The van der Waals surface area contributed by atoms with Crippen LogP contribution in [0.1, 0.15) is 5.56 Å². The second kappa shape index (κ2) is 8.38. The molecule has 0 bridgehead atoms. The minimum atomic E-state index is -1.04. The van der Waals surface area contributed by atoms with Crippen molar-refractivity contribution in [1.29, 1.82) is 0 Å². The number of rotatable bonds is 6. The van der Waals surface area contributed by atoms with E-state index in [-0.39, 0.29) is 12.2 Å². The Morgan fingerprint density at radius 1 is 1.10 bits per heavy atom. The van der Waals surface area contributed by atoms with Crippen molar-refractivity contribution < 1.29 is 14.4 Å². The van der Waals surface area contributed by atoms with Crippen LogP contribution in [0.2, 0.25) is 0 Å². The summed E-state index contributed by atoms with van der Waals surface area (Å²) in [5.41, 5.74) is 1.33. The summed E-state index contributed by atoms with van der Waals surface area (Å²) in [5.74, 6) is -1.69. The molecule has 0 spiro atoms. The van der Waals surface area contributed by atoms with Crippen molar-refractivity contribution in [1.82, 2.24) is 4.98 Å². The normalized spacial score (nSPS) is 10.8. The second-order valence-electron chi connectivity index (χ2n) is 6.50. The lowest BCUT2D eigenvalue weighted by atomic mass is 10.2. The Labute approximate surface area is 175 Å². The van der Waals surface area contributed by atoms with E-state index >= 15 is 0 Å². The molecular formula is C22H16FN3O3S. The Morgan fingerprint density at radius 3 is 2.77 bits per heavy atom. The number of phenols is 1. The molecule has 1 heterocycles. The first-order valence-electron chi connectivity index (χ1n) is 9.02. The summed E-state index contributed by atoms with van der Waals surface area (Å²) in [7, 11) is 0. The number of hydrogen-bond donors (Lipinski definition) is 2. The average Bonchev–Trinajstić information content (AvgIpc) is 2.75. The summed E-state index contributed by atoms with van der Waals surface area (Å²) < 4.78 is 13.8. The van der Waals surface area contributed by atoms with Gasteiger partial charge in [0.1, 0.15) is 0 Å². The molecule has 0 aliphatic heterocycles. The van der Waals surface area contributed by atoms with Crippen molar-refractivity contribution in [2.45, 2.75) is 16.3 Å². The predicted molar refractivity (Wildman–Crippen MR) is 114 cm³/mol. The average molecular weight is 421 g/mol. The van der Waals surface area contributed by atoms with Crippen LogP contribution in [0.3, 0.4) is 0 Å². The van der Waals surface area contributed by atoms with E-state index in [1.54, 1.807) is 18.0 Å². The molecule has 0 fully saturated rings. The third-order valence-corrected chi connectivity index (χ3v) is 5.61. The molecule has 4 rings (SSSR count). The van der Waals surface area contributed by atoms with Crippen LogP contribution in [0.15, 0.2) is 82.7 Å². The first kappa shape index (κ1) is 19.7. The number of phenolic OH excluding ortho intramolecular Hbond substituents is 1. The van der Waals surface area contributed by atoms with Gasteiger partial charge in [0.05, 0.1) is 22.2 Å². The van der Waals surface area contributed by atoms with Gasteiger partial charge in [-0.15, -0.1) is 0 Å². The maximum atomic E-state index is 13.8. The molecule has 0 atom stereocenters. The Bertz CT molecular complexity index is 1250. The molecule has 0 saturated carbocycles. The summed E-state index contributed by atoms with van der Waals surface area (Å²) >= 11 is 1.55. The molecule has 0 aliphatic rings. The van der Waals surface area contributed by atoms with E-state index in [9.17, 15) is 19.6 Å². The number of aromatic nitrogens is 1. The molecular weight excluding hydrogens is 405 g/mol. The lowest BCUT2D eigenvalue weighted by Crippen LogP contribution is -2.03. The van der Waals surface area contributed by atoms with Crippen LogP contribution in [0.5, 0.6) is 5.75 Å². The number of hydrogen-bond acceptors (Lipinski definition) is 6. The van der Waals surface area contributed by atoms with E-state index in [2.05, 4.69) is 10.3 Å². The van der Waals surface area contributed by atoms with Gasteiger partial charge in [-0.05, 0) is 29.8 Å². The van der Waals surface area contributed by atoms with Crippen molar-refractivity contribution in [3.05, 3.63) is 94.4 Å². The number of pyridine rings is 1. The Balaban J connectivity index is 1.57. The number of non-ortho nitro benzene ring substituents is 1. The fraction of sp³-hybridized carbons (Fsp3) is 0.0455. The van der Waals surface area contributed by atoms with Gasteiger partial charge in [-0.25, -0.2) is 4.39 Å². The molecule has 2 N–H and O–H groups in total. The van der Waals surface area contributed by atoms with Crippen LogP contribution in [-0.4, -0.2) is 15.0 Å². The Kier molecular flexibility index (Phi) is 5.49.